The highest BCUT2D eigenvalue weighted by molar-refractivity contribution is 5.96. The molecule has 0 radical (unpaired) electrons. The fraction of sp³-hybridized carbons (Fsp3) is 0.375. The van der Waals surface area contributed by atoms with E-state index in [1.54, 1.807) is 12.3 Å². The molecule has 2 aromatic heterocycles. The second-order valence-electron chi connectivity index (χ2n) is 8.88. The molecule has 2 amide bonds. The summed E-state index contributed by atoms with van der Waals surface area (Å²) in [5, 5.41) is 3.77. The van der Waals surface area contributed by atoms with Crippen molar-refractivity contribution >= 4 is 22.7 Å². The predicted octanol–water partition coefficient (Wildman–Crippen LogP) is 2.22. The highest BCUT2D eigenvalue weighted by atomic mass is 19.1. The van der Waals surface area contributed by atoms with Crippen LogP contribution in [0.4, 0.5) is 8.78 Å². The van der Waals surface area contributed by atoms with Crippen molar-refractivity contribution in [2.45, 2.75) is 19.5 Å². The maximum Gasteiger partial charge on any atom is 0.293 e. The lowest BCUT2D eigenvalue weighted by Gasteiger charge is -2.33. The first kappa shape index (κ1) is 22.4. The monoisotopic (exact) mass is 469 g/mol. The van der Waals surface area contributed by atoms with Crippen LogP contribution in [-0.4, -0.2) is 53.0 Å². The van der Waals surface area contributed by atoms with E-state index in [1.165, 1.54) is 19.2 Å². The van der Waals surface area contributed by atoms with Crippen LogP contribution >= 0.6 is 0 Å². The van der Waals surface area contributed by atoms with Crippen molar-refractivity contribution in [3.05, 3.63) is 65.1 Å². The Hall–Kier alpha value is -3.37. The van der Waals surface area contributed by atoms with E-state index in [9.17, 15) is 18.4 Å². The number of piperidine rings is 1. The number of carbonyl (C=O) groups excluding carboxylic acids is 2. The van der Waals surface area contributed by atoms with Crippen LogP contribution in [0.2, 0.25) is 0 Å². The van der Waals surface area contributed by atoms with Crippen LogP contribution in [0.15, 0.2) is 36.7 Å². The molecule has 0 aliphatic carbocycles. The summed E-state index contributed by atoms with van der Waals surface area (Å²) >= 11 is 0. The third-order valence-electron chi connectivity index (χ3n) is 6.72. The number of nitrogens with one attached hydrogen (secondary N) is 2. The quantitative estimate of drug-likeness (QED) is 0.541. The number of benzene rings is 1. The van der Waals surface area contributed by atoms with Crippen molar-refractivity contribution in [2.24, 2.45) is 11.8 Å². The van der Waals surface area contributed by atoms with Crippen molar-refractivity contribution < 1.29 is 23.2 Å². The van der Waals surface area contributed by atoms with Crippen LogP contribution in [0.5, 0.6) is 0 Å². The summed E-state index contributed by atoms with van der Waals surface area (Å²) in [4.78, 5) is 35.5. The minimum absolute atomic E-state index is 0.0765. The van der Waals surface area contributed by atoms with Crippen LogP contribution in [0, 0.1) is 23.5 Å². The molecule has 0 unspecified atom stereocenters. The first-order valence-corrected chi connectivity index (χ1v) is 11.2. The Bertz CT molecular complexity index is 1260. The van der Waals surface area contributed by atoms with Crippen molar-refractivity contribution in [1.82, 2.24) is 25.2 Å². The van der Waals surface area contributed by atoms with E-state index < -0.39 is 17.5 Å². The van der Waals surface area contributed by atoms with Gasteiger partial charge in [-0.25, -0.2) is 19.2 Å². The number of halogens is 2. The van der Waals surface area contributed by atoms with Crippen LogP contribution in [0.25, 0.3) is 10.9 Å². The summed E-state index contributed by atoms with van der Waals surface area (Å²) in [5.41, 5.74) is 4.52. The van der Waals surface area contributed by atoms with Crippen LogP contribution < -0.4 is 10.8 Å². The van der Waals surface area contributed by atoms with Crippen molar-refractivity contribution in [3.63, 3.8) is 0 Å². The minimum atomic E-state index is -0.627. The zero-order valence-electron chi connectivity index (χ0n) is 18.7. The summed E-state index contributed by atoms with van der Waals surface area (Å²) in [5.74, 6) is -1.21. The van der Waals surface area contributed by atoms with E-state index in [1.807, 2.05) is 10.8 Å². The second-order valence-corrected chi connectivity index (χ2v) is 8.88. The van der Waals surface area contributed by atoms with Gasteiger partial charge in [0.1, 0.15) is 17.3 Å². The molecular formula is C24H25F2N5O3. The van der Waals surface area contributed by atoms with Gasteiger partial charge in [-0.15, -0.1) is 0 Å². The smallest absolute Gasteiger partial charge is 0.293 e. The van der Waals surface area contributed by atoms with Crippen LogP contribution in [-0.2, 0) is 22.7 Å². The highest BCUT2D eigenvalue weighted by Gasteiger charge is 2.38. The third-order valence-corrected chi connectivity index (χ3v) is 6.72. The van der Waals surface area contributed by atoms with Gasteiger partial charge in [-0.1, -0.05) is 6.07 Å². The van der Waals surface area contributed by atoms with Gasteiger partial charge in [0.05, 0.1) is 25.4 Å². The summed E-state index contributed by atoms with van der Waals surface area (Å²) in [6.45, 7) is 3.08. The Labute approximate surface area is 194 Å². The van der Waals surface area contributed by atoms with Gasteiger partial charge in [-0.2, -0.15) is 0 Å². The van der Waals surface area contributed by atoms with Crippen molar-refractivity contribution in [3.8, 4) is 0 Å². The van der Waals surface area contributed by atoms with Gasteiger partial charge in [-0.05, 0) is 30.7 Å². The van der Waals surface area contributed by atoms with Gasteiger partial charge in [-0.3, -0.25) is 19.3 Å². The third kappa shape index (κ3) is 4.26. The first-order valence-electron chi connectivity index (χ1n) is 11.2. The Morgan fingerprint density at radius 1 is 1.26 bits per heavy atom. The molecule has 4 heterocycles. The number of amides is 2. The van der Waals surface area contributed by atoms with E-state index in [0.717, 1.165) is 42.0 Å². The fourth-order valence-electron chi connectivity index (χ4n) is 5.03. The van der Waals surface area contributed by atoms with Gasteiger partial charge >= 0.3 is 0 Å². The summed E-state index contributed by atoms with van der Waals surface area (Å²) < 4.78 is 29.6. The normalized spacial score (nSPS) is 20.4. The lowest BCUT2D eigenvalue weighted by atomic mass is 9.88. The van der Waals surface area contributed by atoms with Gasteiger partial charge < -0.3 is 9.88 Å². The zero-order chi connectivity index (χ0) is 23.8. The Kier molecular flexibility index (Phi) is 6.01. The average Bonchev–Trinajstić information content (AvgIpc) is 3.35. The Balaban J connectivity index is 1.48. The molecular weight excluding hydrogens is 444 g/mol. The largest absolute Gasteiger partial charge is 0.355 e. The Morgan fingerprint density at radius 3 is 2.91 bits per heavy atom. The number of hydrogen-bond donors (Lipinski definition) is 2. The topological polar surface area (TPSA) is 88.5 Å². The molecule has 5 rings (SSSR count). The number of likely N-dealkylation sites (tertiary alicyclic amines) is 1. The predicted molar refractivity (Wildman–Crippen MR) is 120 cm³/mol. The maximum atomic E-state index is 14.3. The van der Waals surface area contributed by atoms with E-state index in [-0.39, 0.29) is 30.0 Å². The molecule has 1 aromatic carbocycles. The molecule has 0 spiro atoms. The number of carbonyl (C=O) groups is 2. The van der Waals surface area contributed by atoms with E-state index in [0.29, 0.717) is 18.7 Å². The molecule has 10 heteroatoms. The molecule has 3 aromatic rings. The standard InChI is InChI=1S/C24H25F2N5O3/c1-34-29-24(33)21-7-19-16(11-30-5-4-18-15(10-30)8-28-23(18)32)13-31(22(19)9-27-21)12-14-2-3-17(25)6-20(14)26/h2-3,6-7,9,13,15,18H,4-5,8,10-12H2,1H3,(H,28,32)(H,29,33)/t15-,18-/m0/s1. The second kappa shape index (κ2) is 9.11. The minimum Gasteiger partial charge on any atom is -0.355 e. The molecule has 2 aliphatic rings. The highest BCUT2D eigenvalue weighted by Crippen LogP contribution is 2.30. The van der Waals surface area contributed by atoms with Crippen LogP contribution in [0.3, 0.4) is 0 Å². The van der Waals surface area contributed by atoms with Crippen molar-refractivity contribution in [1.29, 1.82) is 0 Å². The van der Waals surface area contributed by atoms with Crippen LogP contribution in [0.1, 0.15) is 28.0 Å². The maximum absolute atomic E-state index is 14.3. The lowest BCUT2D eigenvalue weighted by molar-refractivity contribution is -0.124. The molecule has 2 atom stereocenters. The summed E-state index contributed by atoms with van der Waals surface area (Å²) in [6.07, 6.45) is 4.31. The van der Waals surface area contributed by atoms with Gasteiger partial charge in [0, 0.05) is 54.7 Å². The fourth-order valence-corrected chi connectivity index (χ4v) is 5.03. The molecule has 8 nitrogen and oxygen atoms in total. The molecule has 2 aliphatic heterocycles. The number of nitrogens with zero attached hydrogens (tertiary/aromatic N) is 3. The molecule has 0 saturated carbocycles. The SMILES string of the molecule is CONC(=O)c1cc2c(CN3CC[C@@H]4C(=O)NC[C@H]4C3)cn(Cc3ccc(F)cc3F)c2cn1. The van der Waals surface area contributed by atoms with Crippen molar-refractivity contribution in [2.75, 3.05) is 26.7 Å². The Morgan fingerprint density at radius 2 is 2.12 bits per heavy atom. The number of fused-ring (bicyclic) bond motifs is 2. The number of hydrogen-bond acceptors (Lipinski definition) is 5. The summed E-state index contributed by atoms with van der Waals surface area (Å²) in [6, 6.07) is 5.23. The number of hydroxylamine groups is 1. The molecule has 34 heavy (non-hydrogen) atoms. The zero-order valence-corrected chi connectivity index (χ0v) is 18.7. The number of aromatic nitrogens is 2. The molecule has 178 valence electrons. The first-order chi connectivity index (χ1) is 16.4. The molecule has 2 saturated heterocycles. The van der Waals surface area contributed by atoms with Gasteiger partial charge in [0.2, 0.25) is 5.91 Å². The van der Waals surface area contributed by atoms with E-state index in [2.05, 4.69) is 20.7 Å². The molecule has 2 N–H and O–H groups in total. The van der Waals surface area contributed by atoms with E-state index >= 15 is 0 Å². The van der Waals surface area contributed by atoms with E-state index in [4.69, 9.17) is 4.84 Å². The summed E-state index contributed by atoms with van der Waals surface area (Å²) in [7, 11) is 1.35. The molecule has 0 bridgehead atoms. The average molecular weight is 469 g/mol. The number of rotatable bonds is 6. The molecule has 2 fully saturated rings. The van der Waals surface area contributed by atoms with Gasteiger partial charge in [0.15, 0.2) is 0 Å². The lowest BCUT2D eigenvalue weighted by Crippen LogP contribution is -2.40. The number of pyridine rings is 1. The van der Waals surface area contributed by atoms with Gasteiger partial charge in [0.25, 0.3) is 5.91 Å².